The van der Waals surface area contributed by atoms with Crippen LogP contribution in [0.15, 0.2) is 0 Å². The fraction of sp³-hybridized carbons (Fsp3) is 0.846. The van der Waals surface area contributed by atoms with Crippen molar-refractivity contribution in [1.29, 1.82) is 0 Å². The zero-order chi connectivity index (χ0) is 13.8. The SMILES string of the molecule is CCCC(CC(=O)O)NC(=O)CCCCCCN. The summed E-state index contributed by atoms with van der Waals surface area (Å²) in [5.74, 6) is -0.904. The number of amides is 1. The molecule has 1 amide bonds. The molecule has 4 N–H and O–H groups in total. The second-order valence-corrected chi connectivity index (χ2v) is 4.60. The normalized spacial score (nSPS) is 12.1. The molecule has 0 aromatic rings. The quantitative estimate of drug-likeness (QED) is 0.491. The van der Waals surface area contributed by atoms with Crippen molar-refractivity contribution >= 4 is 11.9 Å². The van der Waals surface area contributed by atoms with E-state index in [-0.39, 0.29) is 18.4 Å². The Morgan fingerprint density at radius 3 is 2.44 bits per heavy atom. The van der Waals surface area contributed by atoms with Gasteiger partial charge < -0.3 is 16.2 Å². The standard InChI is InChI=1S/C13H26N2O3/c1-2-7-11(10-13(17)18)15-12(16)8-5-3-4-6-9-14/h11H,2-10,14H2,1H3,(H,15,16)(H,17,18). The number of hydrogen-bond acceptors (Lipinski definition) is 3. The van der Waals surface area contributed by atoms with E-state index in [2.05, 4.69) is 5.32 Å². The highest BCUT2D eigenvalue weighted by molar-refractivity contribution is 5.77. The lowest BCUT2D eigenvalue weighted by molar-refractivity contribution is -0.137. The van der Waals surface area contributed by atoms with Crippen LogP contribution in [0.4, 0.5) is 0 Å². The van der Waals surface area contributed by atoms with Gasteiger partial charge in [0, 0.05) is 12.5 Å². The molecule has 5 nitrogen and oxygen atoms in total. The van der Waals surface area contributed by atoms with Crippen molar-refractivity contribution in [3.05, 3.63) is 0 Å². The van der Waals surface area contributed by atoms with Gasteiger partial charge in [0.05, 0.1) is 6.42 Å². The molecule has 0 spiro atoms. The summed E-state index contributed by atoms with van der Waals surface area (Å²) in [5.41, 5.74) is 5.38. The van der Waals surface area contributed by atoms with Crippen molar-refractivity contribution in [2.24, 2.45) is 5.73 Å². The van der Waals surface area contributed by atoms with Crippen LogP contribution in [0.25, 0.3) is 0 Å². The molecule has 0 rings (SSSR count). The fourth-order valence-electron chi connectivity index (χ4n) is 1.87. The van der Waals surface area contributed by atoms with E-state index in [1.807, 2.05) is 6.92 Å². The van der Waals surface area contributed by atoms with Crippen molar-refractivity contribution in [2.45, 2.75) is 64.3 Å². The van der Waals surface area contributed by atoms with Crippen LogP contribution in [0.3, 0.4) is 0 Å². The minimum atomic E-state index is -0.864. The molecule has 0 fully saturated rings. The van der Waals surface area contributed by atoms with E-state index < -0.39 is 5.97 Å². The smallest absolute Gasteiger partial charge is 0.305 e. The monoisotopic (exact) mass is 258 g/mol. The van der Waals surface area contributed by atoms with Crippen LogP contribution in [0, 0.1) is 0 Å². The lowest BCUT2D eigenvalue weighted by Crippen LogP contribution is -2.36. The Balaban J connectivity index is 3.76. The molecule has 1 unspecified atom stereocenters. The summed E-state index contributed by atoms with van der Waals surface area (Å²) in [7, 11) is 0. The first-order chi connectivity index (χ1) is 8.60. The van der Waals surface area contributed by atoms with E-state index in [0.29, 0.717) is 19.4 Å². The maximum Gasteiger partial charge on any atom is 0.305 e. The van der Waals surface area contributed by atoms with Crippen molar-refractivity contribution in [1.82, 2.24) is 5.32 Å². The minimum Gasteiger partial charge on any atom is -0.481 e. The Morgan fingerprint density at radius 2 is 1.89 bits per heavy atom. The molecule has 0 aliphatic rings. The third kappa shape index (κ3) is 10.1. The number of hydrogen-bond donors (Lipinski definition) is 3. The van der Waals surface area contributed by atoms with E-state index in [9.17, 15) is 9.59 Å². The first kappa shape index (κ1) is 16.9. The molecule has 5 heteroatoms. The van der Waals surface area contributed by atoms with Crippen molar-refractivity contribution in [3.63, 3.8) is 0 Å². The molecule has 0 radical (unpaired) electrons. The summed E-state index contributed by atoms with van der Waals surface area (Å²) in [6.45, 7) is 2.68. The van der Waals surface area contributed by atoms with Gasteiger partial charge in [-0.1, -0.05) is 26.2 Å². The molecule has 0 aliphatic carbocycles. The van der Waals surface area contributed by atoms with E-state index in [1.54, 1.807) is 0 Å². The number of carbonyl (C=O) groups excluding carboxylic acids is 1. The Kier molecular flexibility index (Phi) is 10.3. The van der Waals surface area contributed by atoms with Crippen LogP contribution in [-0.2, 0) is 9.59 Å². The molecular formula is C13H26N2O3. The summed E-state index contributed by atoms with van der Waals surface area (Å²) in [4.78, 5) is 22.2. The molecule has 18 heavy (non-hydrogen) atoms. The van der Waals surface area contributed by atoms with Gasteiger partial charge in [-0.15, -0.1) is 0 Å². The average Bonchev–Trinajstić information content (AvgIpc) is 2.28. The first-order valence-corrected chi connectivity index (χ1v) is 6.81. The topological polar surface area (TPSA) is 92.4 Å². The Labute approximate surface area is 109 Å². The zero-order valence-electron chi connectivity index (χ0n) is 11.3. The predicted molar refractivity (Wildman–Crippen MR) is 71.2 cm³/mol. The second-order valence-electron chi connectivity index (χ2n) is 4.60. The van der Waals surface area contributed by atoms with Gasteiger partial charge in [0.2, 0.25) is 5.91 Å². The van der Waals surface area contributed by atoms with E-state index in [1.165, 1.54) is 0 Å². The molecule has 0 saturated carbocycles. The zero-order valence-corrected chi connectivity index (χ0v) is 11.3. The molecule has 106 valence electrons. The van der Waals surface area contributed by atoms with Crippen LogP contribution in [0.1, 0.15) is 58.3 Å². The number of rotatable bonds is 11. The Hall–Kier alpha value is -1.10. The second kappa shape index (κ2) is 11.0. The Bertz CT molecular complexity index is 244. The maximum absolute atomic E-state index is 11.6. The van der Waals surface area contributed by atoms with Crippen molar-refractivity contribution < 1.29 is 14.7 Å². The summed E-state index contributed by atoms with van der Waals surface area (Å²) in [6.07, 6.45) is 5.97. The molecule has 1 atom stereocenters. The molecule has 0 aromatic heterocycles. The summed E-state index contributed by atoms with van der Waals surface area (Å²) in [5, 5.41) is 11.5. The number of nitrogens with two attached hydrogens (primary N) is 1. The fourth-order valence-corrected chi connectivity index (χ4v) is 1.87. The number of nitrogens with one attached hydrogen (secondary N) is 1. The van der Waals surface area contributed by atoms with Gasteiger partial charge in [0.15, 0.2) is 0 Å². The molecule has 0 aromatic carbocycles. The molecule has 0 bridgehead atoms. The third-order valence-electron chi connectivity index (χ3n) is 2.78. The first-order valence-electron chi connectivity index (χ1n) is 6.81. The van der Waals surface area contributed by atoms with Gasteiger partial charge in [0.1, 0.15) is 0 Å². The minimum absolute atomic E-state index is 0.00670. The third-order valence-corrected chi connectivity index (χ3v) is 2.78. The van der Waals surface area contributed by atoms with Gasteiger partial charge >= 0.3 is 5.97 Å². The largest absolute Gasteiger partial charge is 0.481 e. The van der Waals surface area contributed by atoms with Crippen LogP contribution in [0.5, 0.6) is 0 Å². The van der Waals surface area contributed by atoms with E-state index in [4.69, 9.17) is 10.8 Å². The number of aliphatic carboxylic acids is 1. The van der Waals surface area contributed by atoms with E-state index >= 15 is 0 Å². The number of carbonyl (C=O) groups is 2. The Morgan fingerprint density at radius 1 is 1.22 bits per heavy atom. The average molecular weight is 258 g/mol. The van der Waals surface area contributed by atoms with Gasteiger partial charge in [0.25, 0.3) is 0 Å². The predicted octanol–water partition coefficient (Wildman–Crippen LogP) is 1.66. The number of carboxylic acids is 1. The van der Waals surface area contributed by atoms with Crippen molar-refractivity contribution in [3.8, 4) is 0 Å². The van der Waals surface area contributed by atoms with Gasteiger partial charge in [-0.2, -0.15) is 0 Å². The molecule has 0 heterocycles. The van der Waals surface area contributed by atoms with Crippen LogP contribution in [0.2, 0.25) is 0 Å². The highest BCUT2D eigenvalue weighted by Crippen LogP contribution is 2.05. The number of carboxylic acid groups (broad SMARTS) is 1. The lowest BCUT2D eigenvalue weighted by Gasteiger charge is -2.15. The van der Waals surface area contributed by atoms with Gasteiger partial charge in [-0.05, 0) is 25.8 Å². The van der Waals surface area contributed by atoms with Gasteiger partial charge in [-0.25, -0.2) is 0 Å². The van der Waals surface area contributed by atoms with E-state index in [0.717, 1.165) is 32.1 Å². The summed E-state index contributed by atoms with van der Waals surface area (Å²) >= 11 is 0. The van der Waals surface area contributed by atoms with Crippen LogP contribution >= 0.6 is 0 Å². The van der Waals surface area contributed by atoms with Gasteiger partial charge in [-0.3, -0.25) is 9.59 Å². The van der Waals surface area contributed by atoms with Crippen molar-refractivity contribution in [2.75, 3.05) is 6.54 Å². The summed E-state index contributed by atoms with van der Waals surface area (Å²) in [6, 6.07) is -0.232. The highest BCUT2D eigenvalue weighted by Gasteiger charge is 2.14. The molecular weight excluding hydrogens is 232 g/mol. The summed E-state index contributed by atoms with van der Waals surface area (Å²) < 4.78 is 0. The highest BCUT2D eigenvalue weighted by atomic mass is 16.4. The molecule has 0 aliphatic heterocycles. The lowest BCUT2D eigenvalue weighted by atomic mass is 10.1. The maximum atomic E-state index is 11.6. The number of unbranched alkanes of at least 4 members (excludes halogenated alkanes) is 3. The van der Waals surface area contributed by atoms with Crippen LogP contribution in [-0.4, -0.2) is 29.6 Å². The molecule has 0 saturated heterocycles. The van der Waals surface area contributed by atoms with Crippen LogP contribution < -0.4 is 11.1 Å².